The number of carbonyl (C=O) groups is 1. The summed E-state index contributed by atoms with van der Waals surface area (Å²) in [5.74, 6) is 0.584. The fourth-order valence-corrected chi connectivity index (χ4v) is 3.35. The lowest BCUT2D eigenvalue weighted by atomic mass is 10.0. The summed E-state index contributed by atoms with van der Waals surface area (Å²) in [4.78, 5) is 33.0. The quantitative estimate of drug-likeness (QED) is 0.889. The van der Waals surface area contributed by atoms with E-state index in [4.69, 9.17) is 0 Å². The molecule has 1 saturated heterocycles. The normalized spacial score (nSPS) is 18.8. The molecule has 21 heavy (non-hydrogen) atoms. The van der Waals surface area contributed by atoms with E-state index in [0.29, 0.717) is 22.6 Å². The Labute approximate surface area is 126 Å². The highest BCUT2D eigenvalue weighted by Gasteiger charge is 2.24. The van der Waals surface area contributed by atoms with Gasteiger partial charge in [0.05, 0.1) is 18.1 Å². The lowest BCUT2D eigenvalue weighted by Gasteiger charge is -2.27. The summed E-state index contributed by atoms with van der Waals surface area (Å²) in [6.07, 6.45) is 3.07. The van der Waals surface area contributed by atoms with Crippen molar-refractivity contribution in [1.29, 1.82) is 0 Å². The largest absolute Gasteiger partial charge is 0.337 e. The highest BCUT2D eigenvalue weighted by atomic mass is 32.1. The number of fused-ring (bicyclic) bond motifs is 1. The molecule has 0 aliphatic carbocycles. The van der Waals surface area contributed by atoms with Gasteiger partial charge in [-0.3, -0.25) is 9.59 Å². The molecule has 2 aromatic heterocycles. The van der Waals surface area contributed by atoms with Gasteiger partial charge in [0.15, 0.2) is 0 Å². The Bertz CT molecular complexity index is 702. The van der Waals surface area contributed by atoms with Crippen molar-refractivity contribution < 1.29 is 4.79 Å². The number of aromatic amines is 1. The smallest absolute Gasteiger partial charge is 0.268 e. The highest BCUT2D eigenvalue weighted by Crippen LogP contribution is 2.14. The number of rotatable bonds is 3. The van der Waals surface area contributed by atoms with Gasteiger partial charge in [0, 0.05) is 7.05 Å². The molecular weight excluding hydrogens is 288 g/mol. The van der Waals surface area contributed by atoms with Gasteiger partial charge >= 0.3 is 0 Å². The molecule has 1 amide bonds. The molecule has 1 aliphatic heterocycles. The third-order valence-corrected chi connectivity index (χ3v) is 4.64. The van der Waals surface area contributed by atoms with E-state index in [-0.39, 0.29) is 17.5 Å². The molecule has 2 N–H and O–H groups in total. The molecule has 1 aliphatic rings. The highest BCUT2D eigenvalue weighted by molar-refractivity contribution is 7.17. The van der Waals surface area contributed by atoms with Gasteiger partial charge in [-0.15, -0.1) is 11.3 Å². The maximum atomic E-state index is 12.3. The molecule has 112 valence electrons. The molecule has 1 fully saturated rings. The van der Waals surface area contributed by atoms with Gasteiger partial charge in [0.25, 0.3) is 5.56 Å². The topological polar surface area (TPSA) is 78.1 Å². The Morgan fingerprint density at radius 1 is 1.52 bits per heavy atom. The standard InChI is InChI=1S/C14H18N4O2S/c1-18(14(20)10-4-2-3-6-15-10)8-11-16-9-5-7-21-12(9)13(19)17-11/h5,7,10,15H,2-4,6,8H2,1H3,(H,16,17,19)/t10-/m0/s1. The van der Waals surface area contributed by atoms with Gasteiger partial charge in [-0.05, 0) is 30.8 Å². The summed E-state index contributed by atoms with van der Waals surface area (Å²) in [6, 6.07) is 1.71. The van der Waals surface area contributed by atoms with Crippen molar-refractivity contribution >= 4 is 27.5 Å². The molecule has 0 unspecified atom stereocenters. The number of piperidine rings is 1. The van der Waals surface area contributed by atoms with Crippen LogP contribution in [0.1, 0.15) is 25.1 Å². The van der Waals surface area contributed by atoms with Gasteiger partial charge in [0.1, 0.15) is 10.5 Å². The van der Waals surface area contributed by atoms with Crippen LogP contribution in [0.3, 0.4) is 0 Å². The van der Waals surface area contributed by atoms with Crippen LogP contribution in [0.2, 0.25) is 0 Å². The van der Waals surface area contributed by atoms with Crippen molar-refractivity contribution in [3.8, 4) is 0 Å². The molecule has 7 heteroatoms. The van der Waals surface area contributed by atoms with E-state index in [1.165, 1.54) is 11.3 Å². The molecule has 1 atom stereocenters. The number of H-pyrrole nitrogens is 1. The van der Waals surface area contributed by atoms with Crippen molar-refractivity contribution in [3.05, 3.63) is 27.6 Å². The van der Waals surface area contributed by atoms with Gasteiger partial charge < -0.3 is 15.2 Å². The molecule has 3 heterocycles. The maximum absolute atomic E-state index is 12.3. The van der Waals surface area contributed by atoms with Crippen LogP contribution >= 0.6 is 11.3 Å². The molecule has 0 radical (unpaired) electrons. The number of carbonyl (C=O) groups excluding carboxylic acids is 1. The molecular formula is C14H18N4O2S. The van der Waals surface area contributed by atoms with E-state index in [2.05, 4.69) is 15.3 Å². The van der Waals surface area contributed by atoms with Crippen LogP contribution in [0.15, 0.2) is 16.2 Å². The molecule has 0 spiro atoms. The van der Waals surface area contributed by atoms with E-state index < -0.39 is 0 Å². The summed E-state index contributed by atoms with van der Waals surface area (Å²) >= 11 is 1.37. The van der Waals surface area contributed by atoms with Crippen LogP contribution in [0, 0.1) is 0 Å². The molecule has 2 aromatic rings. The SMILES string of the molecule is CN(Cc1nc2ccsc2c(=O)[nH]1)C(=O)[C@@H]1CCCCN1. The van der Waals surface area contributed by atoms with Crippen molar-refractivity contribution in [2.75, 3.05) is 13.6 Å². The zero-order valence-electron chi connectivity index (χ0n) is 11.9. The van der Waals surface area contributed by atoms with E-state index in [0.717, 1.165) is 25.8 Å². The zero-order chi connectivity index (χ0) is 14.8. The van der Waals surface area contributed by atoms with Crippen LogP contribution in [0.4, 0.5) is 0 Å². The number of nitrogens with zero attached hydrogens (tertiary/aromatic N) is 2. The third-order valence-electron chi connectivity index (χ3n) is 3.74. The Kier molecular flexibility index (Phi) is 4.03. The van der Waals surface area contributed by atoms with E-state index in [1.807, 2.05) is 11.4 Å². The van der Waals surface area contributed by atoms with Gasteiger partial charge in [-0.2, -0.15) is 0 Å². The summed E-state index contributed by atoms with van der Waals surface area (Å²) < 4.78 is 0.627. The number of thiophene rings is 1. The zero-order valence-corrected chi connectivity index (χ0v) is 12.7. The fraction of sp³-hybridized carbons (Fsp3) is 0.500. The van der Waals surface area contributed by atoms with Crippen LogP contribution in [0.5, 0.6) is 0 Å². The second-order valence-corrected chi connectivity index (χ2v) is 6.26. The Morgan fingerprint density at radius 2 is 2.38 bits per heavy atom. The lowest BCUT2D eigenvalue weighted by Crippen LogP contribution is -2.47. The second-order valence-electron chi connectivity index (χ2n) is 5.34. The van der Waals surface area contributed by atoms with Crippen molar-refractivity contribution in [3.63, 3.8) is 0 Å². The minimum Gasteiger partial charge on any atom is -0.337 e. The fourth-order valence-electron chi connectivity index (χ4n) is 2.63. The Morgan fingerprint density at radius 3 is 3.14 bits per heavy atom. The molecule has 6 nitrogen and oxygen atoms in total. The molecule has 0 aromatic carbocycles. The maximum Gasteiger partial charge on any atom is 0.268 e. The summed E-state index contributed by atoms with van der Waals surface area (Å²) in [6.45, 7) is 1.21. The third kappa shape index (κ3) is 2.98. The first-order valence-corrected chi connectivity index (χ1v) is 7.98. The summed E-state index contributed by atoms with van der Waals surface area (Å²) in [5.41, 5.74) is 0.553. The summed E-state index contributed by atoms with van der Waals surface area (Å²) in [7, 11) is 1.75. The van der Waals surface area contributed by atoms with Crippen LogP contribution in [-0.2, 0) is 11.3 Å². The number of aromatic nitrogens is 2. The average Bonchev–Trinajstić information content (AvgIpc) is 2.96. The minimum atomic E-state index is -0.137. The number of likely N-dealkylation sites (N-methyl/N-ethyl adjacent to an activating group) is 1. The van der Waals surface area contributed by atoms with E-state index >= 15 is 0 Å². The predicted octanol–water partition coefficient (Wildman–Crippen LogP) is 1.09. The van der Waals surface area contributed by atoms with E-state index in [1.54, 1.807) is 11.9 Å². The number of amides is 1. The van der Waals surface area contributed by atoms with E-state index in [9.17, 15) is 9.59 Å². The first-order valence-electron chi connectivity index (χ1n) is 7.10. The van der Waals surface area contributed by atoms with Crippen molar-refractivity contribution in [2.24, 2.45) is 0 Å². The first-order chi connectivity index (χ1) is 10.1. The minimum absolute atomic E-state index is 0.0581. The summed E-state index contributed by atoms with van der Waals surface area (Å²) in [5, 5.41) is 5.09. The van der Waals surface area contributed by atoms with Crippen LogP contribution in [-0.4, -0.2) is 40.4 Å². The number of hydrogen-bond acceptors (Lipinski definition) is 5. The van der Waals surface area contributed by atoms with Gasteiger partial charge in [0.2, 0.25) is 5.91 Å². The lowest BCUT2D eigenvalue weighted by molar-refractivity contribution is -0.133. The van der Waals surface area contributed by atoms with Crippen molar-refractivity contribution in [2.45, 2.75) is 31.8 Å². The Balaban J connectivity index is 1.74. The predicted molar refractivity (Wildman–Crippen MR) is 82.4 cm³/mol. The van der Waals surface area contributed by atoms with Crippen molar-refractivity contribution in [1.82, 2.24) is 20.2 Å². The first kappa shape index (κ1) is 14.2. The molecule has 3 rings (SSSR count). The Hall–Kier alpha value is -1.73. The average molecular weight is 306 g/mol. The van der Waals surface area contributed by atoms with Gasteiger partial charge in [-0.1, -0.05) is 6.42 Å². The van der Waals surface area contributed by atoms with Gasteiger partial charge in [-0.25, -0.2) is 4.98 Å². The molecule has 0 saturated carbocycles. The number of hydrogen-bond donors (Lipinski definition) is 2. The number of nitrogens with one attached hydrogen (secondary N) is 2. The van der Waals surface area contributed by atoms with Crippen LogP contribution in [0.25, 0.3) is 10.2 Å². The van der Waals surface area contributed by atoms with Crippen LogP contribution < -0.4 is 10.9 Å². The monoisotopic (exact) mass is 306 g/mol. The molecule has 0 bridgehead atoms. The second kappa shape index (κ2) is 5.95.